The van der Waals surface area contributed by atoms with Crippen LogP contribution < -0.4 is 0 Å². The van der Waals surface area contributed by atoms with Crippen molar-refractivity contribution in [3.63, 3.8) is 0 Å². The first-order chi connectivity index (χ1) is 9.65. The van der Waals surface area contributed by atoms with Crippen LogP contribution in [0, 0.1) is 6.92 Å². The van der Waals surface area contributed by atoms with Crippen LogP contribution >= 0.6 is 11.3 Å². The Bertz CT molecular complexity index is 606. The lowest BCUT2D eigenvalue weighted by molar-refractivity contribution is -0.142. The van der Waals surface area contributed by atoms with Crippen LogP contribution in [0.4, 0.5) is 0 Å². The number of nitrogens with zero attached hydrogens (tertiary/aromatic N) is 2. The highest BCUT2D eigenvalue weighted by Gasteiger charge is 2.31. The van der Waals surface area contributed by atoms with Crippen LogP contribution in [-0.4, -0.2) is 33.5 Å². The van der Waals surface area contributed by atoms with Crippen LogP contribution in [0.3, 0.4) is 0 Å². The molecule has 0 aliphatic carbocycles. The Hall–Kier alpha value is -1.66. The van der Waals surface area contributed by atoms with Gasteiger partial charge in [0.2, 0.25) is 5.89 Å². The van der Waals surface area contributed by atoms with Crippen molar-refractivity contribution in [1.29, 1.82) is 0 Å². The maximum absolute atomic E-state index is 11.2. The van der Waals surface area contributed by atoms with Crippen LogP contribution in [0.2, 0.25) is 0 Å². The van der Waals surface area contributed by atoms with E-state index in [4.69, 9.17) is 4.42 Å². The van der Waals surface area contributed by atoms with Crippen molar-refractivity contribution < 1.29 is 14.3 Å². The van der Waals surface area contributed by atoms with Gasteiger partial charge in [-0.25, -0.2) is 4.98 Å². The summed E-state index contributed by atoms with van der Waals surface area (Å²) < 4.78 is 5.69. The number of aromatic nitrogens is 1. The SMILES string of the molecule is Cc1oc(-c2cccs2)nc1CN1CCC[C@H]1C(=O)O. The van der Waals surface area contributed by atoms with Gasteiger partial charge in [-0.1, -0.05) is 6.07 Å². The summed E-state index contributed by atoms with van der Waals surface area (Å²) in [6.45, 7) is 3.22. The smallest absolute Gasteiger partial charge is 0.320 e. The largest absolute Gasteiger partial charge is 0.480 e. The lowest BCUT2D eigenvalue weighted by Crippen LogP contribution is -2.35. The van der Waals surface area contributed by atoms with Crippen LogP contribution in [0.1, 0.15) is 24.3 Å². The number of likely N-dealkylation sites (tertiary alicyclic amines) is 1. The minimum Gasteiger partial charge on any atom is -0.480 e. The average molecular weight is 292 g/mol. The highest BCUT2D eigenvalue weighted by molar-refractivity contribution is 7.13. The van der Waals surface area contributed by atoms with E-state index in [0.29, 0.717) is 18.9 Å². The zero-order valence-electron chi connectivity index (χ0n) is 11.2. The molecule has 6 heteroatoms. The number of aliphatic carboxylic acids is 1. The number of carboxylic acids is 1. The minimum atomic E-state index is -0.748. The maximum atomic E-state index is 11.2. The maximum Gasteiger partial charge on any atom is 0.320 e. The van der Waals surface area contributed by atoms with Crippen LogP contribution in [0.5, 0.6) is 0 Å². The fourth-order valence-electron chi connectivity index (χ4n) is 2.57. The summed E-state index contributed by atoms with van der Waals surface area (Å²) >= 11 is 1.58. The van der Waals surface area contributed by atoms with Gasteiger partial charge < -0.3 is 9.52 Å². The Balaban J connectivity index is 1.79. The van der Waals surface area contributed by atoms with Crippen LogP contribution in [0.15, 0.2) is 21.9 Å². The molecule has 1 saturated heterocycles. The normalized spacial score (nSPS) is 19.6. The molecule has 0 saturated carbocycles. The molecule has 0 bridgehead atoms. The molecule has 106 valence electrons. The second kappa shape index (κ2) is 5.38. The molecule has 2 aromatic rings. The van der Waals surface area contributed by atoms with Gasteiger partial charge in [-0.2, -0.15) is 0 Å². The summed E-state index contributed by atoms with van der Waals surface area (Å²) in [7, 11) is 0. The summed E-state index contributed by atoms with van der Waals surface area (Å²) in [6, 6.07) is 3.53. The van der Waals surface area contributed by atoms with Gasteiger partial charge in [0.05, 0.1) is 10.6 Å². The summed E-state index contributed by atoms with van der Waals surface area (Å²) in [4.78, 5) is 18.7. The van der Waals surface area contributed by atoms with E-state index in [9.17, 15) is 9.90 Å². The van der Waals surface area contributed by atoms with E-state index in [1.165, 1.54) is 0 Å². The van der Waals surface area contributed by atoms with E-state index in [2.05, 4.69) is 4.98 Å². The first-order valence-electron chi connectivity index (χ1n) is 6.62. The summed E-state index contributed by atoms with van der Waals surface area (Å²) in [6.07, 6.45) is 1.63. The molecule has 3 rings (SSSR count). The van der Waals surface area contributed by atoms with Gasteiger partial charge in [0.1, 0.15) is 11.8 Å². The van der Waals surface area contributed by atoms with Crippen molar-refractivity contribution in [1.82, 2.24) is 9.88 Å². The Morgan fingerprint density at radius 3 is 3.20 bits per heavy atom. The van der Waals surface area contributed by atoms with Gasteiger partial charge >= 0.3 is 5.97 Å². The molecule has 0 spiro atoms. The van der Waals surface area contributed by atoms with E-state index >= 15 is 0 Å². The minimum absolute atomic E-state index is 0.392. The molecule has 1 aliphatic heterocycles. The molecule has 0 aromatic carbocycles. The van der Waals surface area contributed by atoms with Gasteiger partial charge in [-0.05, 0) is 37.8 Å². The van der Waals surface area contributed by atoms with Crippen molar-refractivity contribution in [3.8, 4) is 10.8 Å². The van der Waals surface area contributed by atoms with Gasteiger partial charge in [-0.15, -0.1) is 11.3 Å². The molecule has 1 N–H and O–H groups in total. The summed E-state index contributed by atoms with van der Waals surface area (Å²) in [5, 5.41) is 11.2. The lowest BCUT2D eigenvalue weighted by atomic mass is 10.2. The molecule has 2 aromatic heterocycles. The number of oxazole rings is 1. The number of carboxylic acid groups (broad SMARTS) is 1. The van der Waals surface area contributed by atoms with Crippen molar-refractivity contribution in [2.45, 2.75) is 32.4 Å². The predicted octanol–water partition coefficient (Wildman–Crippen LogP) is 2.76. The quantitative estimate of drug-likeness (QED) is 0.938. The number of carbonyl (C=O) groups is 1. The van der Waals surface area contributed by atoms with E-state index in [-0.39, 0.29) is 0 Å². The number of thiophene rings is 1. The van der Waals surface area contributed by atoms with E-state index in [1.54, 1.807) is 11.3 Å². The number of hydrogen-bond donors (Lipinski definition) is 1. The highest BCUT2D eigenvalue weighted by Crippen LogP contribution is 2.28. The topological polar surface area (TPSA) is 66.6 Å². The molecular weight excluding hydrogens is 276 g/mol. The highest BCUT2D eigenvalue weighted by atomic mass is 32.1. The molecule has 1 aliphatic rings. The molecule has 0 amide bonds. The Morgan fingerprint density at radius 1 is 1.65 bits per heavy atom. The fraction of sp³-hybridized carbons (Fsp3) is 0.429. The number of aryl methyl sites for hydroxylation is 1. The molecule has 3 heterocycles. The third kappa shape index (κ3) is 2.48. The Morgan fingerprint density at radius 2 is 2.50 bits per heavy atom. The van der Waals surface area contributed by atoms with E-state index in [1.807, 2.05) is 29.3 Å². The molecule has 1 atom stereocenters. The summed E-state index contributed by atoms with van der Waals surface area (Å²) in [5.74, 6) is 0.644. The molecule has 0 unspecified atom stereocenters. The van der Waals surface area contributed by atoms with Crippen molar-refractivity contribution >= 4 is 17.3 Å². The molecule has 0 radical (unpaired) electrons. The fourth-order valence-corrected chi connectivity index (χ4v) is 3.22. The summed E-state index contributed by atoms with van der Waals surface area (Å²) in [5.41, 5.74) is 0.835. The zero-order valence-corrected chi connectivity index (χ0v) is 12.0. The van der Waals surface area contributed by atoms with E-state index < -0.39 is 12.0 Å². The first kappa shape index (κ1) is 13.3. The average Bonchev–Trinajstić information content (AvgIpc) is 3.11. The second-order valence-corrected chi connectivity index (χ2v) is 5.91. The third-order valence-corrected chi connectivity index (χ3v) is 4.48. The van der Waals surface area contributed by atoms with Crippen molar-refractivity contribution in [3.05, 3.63) is 29.0 Å². The second-order valence-electron chi connectivity index (χ2n) is 4.97. The predicted molar refractivity (Wildman–Crippen MR) is 75.6 cm³/mol. The van der Waals surface area contributed by atoms with Crippen LogP contribution in [-0.2, 0) is 11.3 Å². The Labute approximate surface area is 120 Å². The molecule has 20 heavy (non-hydrogen) atoms. The standard InChI is InChI=1S/C14H16N2O3S/c1-9-10(8-16-6-2-4-11(16)14(17)18)15-13(19-9)12-5-3-7-20-12/h3,5,7,11H,2,4,6,8H2,1H3,(H,17,18)/t11-/m0/s1. The van der Waals surface area contributed by atoms with E-state index in [0.717, 1.165) is 29.3 Å². The van der Waals surface area contributed by atoms with Crippen molar-refractivity contribution in [2.24, 2.45) is 0 Å². The van der Waals surface area contributed by atoms with Gasteiger partial charge in [-0.3, -0.25) is 9.69 Å². The third-order valence-electron chi connectivity index (χ3n) is 3.63. The zero-order chi connectivity index (χ0) is 14.1. The van der Waals surface area contributed by atoms with Crippen molar-refractivity contribution in [2.75, 3.05) is 6.54 Å². The van der Waals surface area contributed by atoms with Gasteiger partial charge in [0.15, 0.2) is 0 Å². The lowest BCUT2D eigenvalue weighted by Gasteiger charge is -2.19. The van der Waals surface area contributed by atoms with Gasteiger partial charge in [0, 0.05) is 6.54 Å². The molecule has 1 fully saturated rings. The first-order valence-corrected chi connectivity index (χ1v) is 7.50. The molecular formula is C14H16N2O3S. The number of hydrogen-bond acceptors (Lipinski definition) is 5. The molecule has 5 nitrogen and oxygen atoms in total. The van der Waals surface area contributed by atoms with Crippen LogP contribution in [0.25, 0.3) is 10.8 Å². The van der Waals surface area contributed by atoms with Gasteiger partial charge in [0.25, 0.3) is 0 Å². The Kier molecular flexibility index (Phi) is 3.58. The number of rotatable bonds is 4. The monoisotopic (exact) mass is 292 g/mol.